The van der Waals surface area contributed by atoms with Gasteiger partial charge < -0.3 is 0 Å². The Hall–Kier alpha value is -0.740. The van der Waals surface area contributed by atoms with Gasteiger partial charge in [0.05, 0.1) is 10.7 Å². The van der Waals surface area contributed by atoms with Crippen molar-refractivity contribution in [2.45, 2.75) is 17.7 Å². The van der Waals surface area contributed by atoms with Crippen LogP contribution in [0, 0.1) is 6.92 Å². The number of hydrogen-bond acceptors (Lipinski definition) is 2. The number of nitrogens with zero attached hydrogens (tertiary/aromatic N) is 2. The Labute approximate surface area is 108 Å². The largest absolute Gasteiger partial charge is 0.262 e. The van der Waals surface area contributed by atoms with Crippen molar-refractivity contribution in [3.8, 4) is 0 Å². The fourth-order valence-corrected chi connectivity index (χ4v) is 3.14. The number of hydrogen-bond donors (Lipinski definition) is 0. The van der Waals surface area contributed by atoms with Gasteiger partial charge in [0.1, 0.15) is 0 Å². The minimum Gasteiger partial charge on any atom is -0.262 e. The van der Waals surface area contributed by atoms with Crippen LogP contribution in [0.1, 0.15) is 11.3 Å². The zero-order valence-electron chi connectivity index (χ0n) is 9.27. The van der Waals surface area contributed by atoms with E-state index in [1.54, 1.807) is 11.8 Å². The molecule has 1 heterocycles. The van der Waals surface area contributed by atoms with Crippen molar-refractivity contribution >= 4 is 27.7 Å². The molecule has 0 N–H and O–H groups in total. The molecule has 2 nitrogen and oxygen atoms in total. The molecule has 0 spiro atoms. The first-order valence-corrected chi connectivity index (χ1v) is 6.81. The van der Waals surface area contributed by atoms with Crippen LogP contribution >= 0.6 is 27.7 Å². The summed E-state index contributed by atoms with van der Waals surface area (Å²) in [6, 6.07) is 10.4. The quantitative estimate of drug-likeness (QED) is 0.802. The highest BCUT2D eigenvalue weighted by Gasteiger charge is 2.04. The van der Waals surface area contributed by atoms with Gasteiger partial charge in [0, 0.05) is 17.3 Å². The average molecular weight is 297 g/mol. The van der Waals surface area contributed by atoms with Crippen LogP contribution in [-0.4, -0.2) is 9.78 Å². The first kappa shape index (κ1) is 11.7. The van der Waals surface area contributed by atoms with Crippen molar-refractivity contribution in [3.05, 3.63) is 46.1 Å². The minimum atomic E-state index is 0.959. The lowest BCUT2D eigenvalue weighted by molar-refractivity contribution is 0.692. The topological polar surface area (TPSA) is 17.8 Å². The predicted molar refractivity (Wildman–Crippen MR) is 71.6 cm³/mol. The Morgan fingerprint density at radius 2 is 2.12 bits per heavy atom. The lowest BCUT2D eigenvalue weighted by Gasteiger charge is -2.04. The van der Waals surface area contributed by atoms with E-state index in [2.05, 4.69) is 45.3 Å². The van der Waals surface area contributed by atoms with Gasteiger partial charge in [-0.2, -0.15) is 5.10 Å². The molecule has 84 valence electrons. The Morgan fingerprint density at radius 1 is 1.38 bits per heavy atom. The second kappa shape index (κ2) is 5.06. The summed E-state index contributed by atoms with van der Waals surface area (Å²) in [7, 11) is 1.98. The third kappa shape index (κ3) is 2.68. The van der Waals surface area contributed by atoms with Crippen LogP contribution in [0.4, 0.5) is 0 Å². The smallest absolute Gasteiger partial charge is 0.0942 e. The SMILES string of the molecule is Cc1cc(SCc2ccccc2Br)n(C)n1. The van der Waals surface area contributed by atoms with Gasteiger partial charge in [-0.15, -0.1) is 11.8 Å². The molecule has 16 heavy (non-hydrogen) atoms. The molecule has 0 atom stereocenters. The summed E-state index contributed by atoms with van der Waals surface area (Å²) in [5, 5.41) is 5.53. The Kier molecular flexibility index (Phi) is 3.71. The number of rotatable bonds is 3. The van der Waals surface area contributed by atoms with Crippen molar-refractivity contribution in [2.75, 3.05) is 0 Å². The number of benzene rings is 1. The van der Waals surface area contributed by atoms with Gasteiger partial charge in [-0.25, -0.2) is 0 Å². The molecule has 0 saturated carbocycles. The van der Waals surface area contributed by atoms with Gasteiger partial charge in [-0.1, -0.05) is 34.1 Å². The van der Waals surface area contributed by atoms with Gasteiger partial charge in [0.2, 0.25) is 0 Å². The normalized spacial score (nSPS) is 10.7. The molecule has 0 aliphatic heterocycles. The van der Waals surface area contributed by atoms with E-state index < -0.39 is 0 Å². The summed E-state index contributed by atoms with van der Waals surface area (Å²) in [6.07, 6.45) is 0. The van der Waals surface area contributed by atoms with Crippen LogP contribution in [0.15, 0.2) is 39.8 Å². The molecule has 1 aromatic carbocycles. The summed E-state index contributed by atoms with van der Waals surface area (Å²) in [5.41, 5.74) is 2.38. The number of aromatic nitrogens is 2. The molecule has 0 radical (unpaired) electrons. The molecule has 2 rings (SSSR count). The molecule has 0 fully saturated rings. The highest BCUT2D eigenvalue weighted by molar-refractivity contribution is 9.10. The van der Waals surface area contributed by atoms with Crippen molar-refractivity contribution in [2.24, 2.45) is 7.05 Å². The van der Waals surface area contributed by atoms with Crippen LogP contribution in [-0.2, 0) is 12.8 Å². The van der Waals surface area contributed by atoms with Crippen molar-refractivity contribution < 1.29 is 0 Å². The number of halogens is 1. The zero-order valence-corrected chi connectivity index (χ0v) is 11.7. The van der Waals surface area contributed by atoms with E-state index in [1.165, 1.54) is 15.1 Å². The molecule has 0 saturated heterocycles. The Bertz CT molecular complexity index is 494. The molecule has 0 unspecified atom stereocenters. The summed E-state index contributed by atoms with van der Waals surface area (Å²) < 4.78 is 3.10. The maximum Gasteiger partial charge on any atom is 0.0942 e. The fourth-order valence-electron chi connectivity index (χ4n) is 1.49. The summed E-state index contributed by atoms with van der Waals surface area (Å²) in [6.45, 7) is 2.02. The second-order valence-electron chi connectivity index (χ2n) is 3.63. The van der Waals surface area contributed by atoms with Gasteiger partial charge in [0.15, 0.2) is 0 Å². The monoisotopic (exact) mass is 296 g/mol. The molecule has 2 aromatic rings. The number of thioether (sulfide) groups is 1. The van der Waals surface area contributed by atoms with Gasteiger partial charge in [0.25, 0.3) is 0 Å². The summed E-state index contributed by atoms with van der Waals surface area (Å²) in [5.74, 6) is 0.959. The molecule has 0 amide bonds. The highest BCUT2D eigenvalue weighted by atomic mass is 79.9. The standard InChI is InChI=1S/C12H13BrN2S/c1-9-7-12(15(2)14-9)16-8-10-5-3-4-6-11(10)13/h3-7H,8H2,1-2H3. The zero-order chi connectivity index (χ0) is 11.5. The molecule has 0 aliphatic rings. The van der Waals surface area contributed by atoms with E-state index in [9.17, 15) is 0 Å². The highest BCUT2D eigenvalue weighted by Crippen LogP contribution is 2.26. The van der Waals surface area contributed by atoms with Gasteiger partial charge >= 0.3 is 0 Å². The van der Waals surface area contributed by atoms with Crippen molar-refractivity contribution in [1.82, 2.24) is 9.78 Å². The second-order valence-corrected chi connectivity index (χ2v) is 5.48. The van der Waals surface area contributed by atoms with Crippen LogP contribution in [0.3, 0.4) is 0 Å². The van der Waals surface area contributed by atoms with E-state index in [0.29, 0.717) is 0 Å². The molecule has 0 aliphatic carbocycles. The maximum atomic E-state index is 4.33. The van der Waals surface area contributed by atoms with E-state index in [0.717, 1.165) is 11.4 Å². The molecular formula is C12H13BrN2S. The molecule has 1 aromatic heterocycles. The predicted octanol–water partition coefficient (Wildman–Crippen LogP) is 3.78. The fraction of sp³-hybridized carbons (Fsp3) is 0.250. The molecular weight excluding hydrogens is 284 g/mol. The molecule has 4 heteroatoms. The van der Waals surface area contributed by atoms with Crippen LogP contribution < -0.4 is 0 Å². The Balaban J connectivity index is 2.08. The van der Waals surface area contributed by atoms with E-state index in [-0.39, 0.29) is 0 Å². The van der Waals surface area contributed by atoms with Crippen molar-refractivity contribution in [1.29, 1.82) is 0 Å². The van der Waals surface area contributed by atoms with E-state index >= 15 is 0 Å². The lowest BCUT2D eigenvalue weighted by Crippen LogP contribution is -1.92. The first-order valence-electron chi connectivity index (χ1n) is 5.03. The number of aryl methyl sites for hydroxylation is 2. The molecule has 0 bridgehead atoms. The maximum absolute atomic E-state index is 4.33. The summed E-state index contributed by atoms with van der Waals surface area (Å²) in [4.78, 5) is 0. The Morgan fingerprint density at radius 3 is 2.75 bits per heavy atom. The minimum absolute atomic E-state index is 0.959. The van der Waals surface area contributed by atoms with Gasteiger partial charge in [-0.05, 0) is 24.6 Å². The third-order valence-electron chi connectivity index (χ3n) is 2.29. The van der Waals surface area contributed by atoms with Crippen LogP contribution in [0.5, 0.6) is 0 Å². The lowest BCUT2D eigenvalue weighted by atomic mass is 10.2. The van der Waals surface area contributed by atoms with Crippen LogP contribution in [0.25, 0.3) is 0 Å². The summed E-state index contributed by atoms with van der Waals surface area (Å²) >= 11 is 5.36. The van der Waals surface area contributed by atoms with E-state index in [1.807, 2.05) is 24.7 Å². The van der Waals surface area contributed by atoms with E-state index in [4.69, 9.17) is 0 Å². The van der Waals surface area contributed by atoms with Gasteiger partial charge in [-0.3, -0.25) is 4.68 Å². The van der Waals surface area contributed by atoms with Crippen LogP contribution in [0.2, 0.25) is 0 Å². The average Bonchev–Trinajstić information content (AvgIpc) is 2.56. The third-order valence-corrected chi connectivity index (χ3v) is 4.20. The van der Waals surface area contributed by atoms with Crippen molar-refractivity contribution in [3.63, 3.8) is 0 Å². The first-order chi connectivity index (χ1) is 7.66.